The third kappa shape index (κ3) is 4.33. The molecule has 0 saturated carbocycles. The molecule has 106 valence electrons. The first kappa shape index (κ1) is 15.5. The van der Waals surface area contributed by atoms with Gasteiger partial charge in [0.2, 0.25) is 0 Å². The van der Waals surface area contributed by atoms with Gasteiger partial charge in [0, 0.05) is 21.1 Å². The molecule has 2 rings (SSSR count). The Morgan fingerprint density at radius 1 is 1.25 bits per heavy atom. The maximum Gasteiger partial charge on any atom is 0.101 e. The third-order valence-corrected chi connectivity index (χ3v) is 4.38. The highest BCUT2D eigenvalue weighted by Gasteiger charge is 2.09. The molecule has 1 atom stereocenters. The zero-order valence-corrected chi connectivity index (χ0v) is 14.4. The molecule has 0 aliphatic rings. The van der Waals surface area contributed by atoms with E-state index in [9.17, 15) is 0 Å². The van der Waals surface area contributed by atoms with Crippen molar-refractivity contribution in [1.29, 1.82) is 0 Å². The highest BCUT2D eigenvalue weighted by molar-refractivity contribution is 9.10. The number of pyridine rings is 1. The lowest BCUT2D eigenvalue weighted by molar-refractivity contribution is 0.729. The van der Waals surface area contributed by atoms with Crippen LogP contribution >= 0.6 is 27.7 Å². The fraction of sp³-hybridized carbons (Fsp3) is 0.312. The Balaban J connectivity index is 2.32. The summed E-state index contributed by atoms with van der Waals surface area (Å²) < 4.78 is 1.09. The third-order valence-electron chi connectivity index (χ3n) is 2.85. The smallest absolute Gasteiger partial charge is 0.101 e. The average Bonchev–Trinajstić information content (AvgIpc) is 2.30. The first-order valence-corrected chi connectivity index (χ1v) is 8.22. The Kier molecular flexibility index (Phi) is 5.24. The molecule has 20 heavy (non-hydrogen) atoms. The SMILES string of the molecule is Cc1cc(C)nc(Sc2ccc(Br)cc2CC(C)N)c1. The van der Waals surface area contributed by atoms with E-state index < -0.39 is 0 Å². The normalized spacial score (nSPS) is 12.4. The Morgan fingerprint density at radius 3 is 2.65 bits per heavy atom. The summed E-state index contributed by atoms with van der Waals surface area (Å²) in [7, 11) is 0. The van der Waals surface area contributed by atoms with Gasteiger partial charge < -0.3 is 5.73 Å². The topological polar surface area (TPSA) is 38.9 Å². The largest absolute Gasteiger partial charge is 0.328 e. The van der Waals surface area contributed by atoms with Gasteiger partial charge in [-0.2, -0.15) is 0 Å². The van der Waals surface area contributed by atoms with Crippen molar-refractivity contribution in [3.63, 3.8) is 0 Å². The van der Waals surface area contributed by atoms with E-state index in [0.717, 1.165) is 21.6 Å². The molecule has 0 spiro atoms. The standard InChI is InChI=1S/C16H19BrN2S/c1-10-6-12(3)19-16(7-10)20-15-5-4-14(17)9-13(15)8-11(2)18/h4-7,9,11H,8,18H2,1-3H3. The summed E-state index contributed by atoms with van der Waals surface area (Å²) in [6, 6.07) is 10.7. The average molecular weight is 351 g/mol. The van der Waals surface area contributed by atoms with E-state index in [1.807, 2.05) is 13.8 Å². The van der Waals surface area contributed by atoms with Gasteiger partial charge in [0.25, 0.3) is 0 Å². The van der Waals surface area contributed by atoms with Gasteiger partial charge in [-0.1, -0.05) is 27.7 Å². The number of hydrogen-bond acceptors (Lipinski definition) is 3. The zero-order valence-electron chi connectivity index (χ0n) is 12.0. The van der Waals surface area contributed by atoms with E-state index in [4.69, 9.17) is 5.73 Å². The van der Waals surface area contributed by atoms with Crippen molar-refractivity contribution in [2.24, 2.45) is 5.73 Å². The number of aromatic nitrogens is 1. The molecule has 0 saturated heterocycles. The molecule has 2 N–H and O–H groups in total. The molecule has 1 aromatic carbocycles. The molecule has 0 aliphatic heterocycles. The summed E-state index contributed by atoms with van der Waals surface area (Å²) in [5.74, 6) is 0. The number of nitrogens with two attached hydrogens (primary N) is 1. The molecule has 1 aromatic heterocycles. The molecule has 1 unspecified atom stereocenters. The molecule has 2 nitrogen and oxygen atoms in total. The van der Waals surface area contributed by atoms with Gasteiger partial charge in [0.15, 0.2) is 0 Å². The number of nitrogens with zero attached hydrogens (tertiary/aromatic N) is 1. The number of rotatable bonds is 4. The summed E-state index contributed by atoms with van der Waals surface area (Å²) in [5.41, 5.74) is 9.50. The molecule has 4 heteroatoms. The number of halogens is 1. The molecule has 1 heterocycles. The summed E-state index contributed by atoms with van der Waals surface area (Å²) in [6.07, 6.45) is 0.868. The molecular weight excluding hydrogens is 332 g/mol. The summed E-state index contributed by atoms with van der Waals surface area (Å²) >= 11 is 5.23. The predicted molar refractivity (Wildman–Crippen MR) is 89.3 cm³/mol. The molecule has 2 aromatic rings. The fourth-order valence-corrected chi connectivity index (χ4v) is 3.60. The van der Waals surface area contributed by atoms with Crippen LogP contribution in [-0.4, -0.2) is 11.0 Å². The minimum Gasteiger partial charge on any atom is -0.328 e. The van der Waals surface area contributed by atoms with Crippen LogP contribution in [0.3, 0.4) is 0 Å². The minimum atomic E-state index is 0.149. The van der Waals surface area contributed by atoms with Gasteiger partial charge in [-0.15, -0.1) is 0 Å². The van der Waals surface area contributed by atoms with Gasteiger partial charge in [0.05, 0.1) is 0 Å². The summed E-state index contributed by atoms with van der Waals surface area (Å²) in [4.78, 5) is 5.82. The second-order valence-corrected chi connectivity index (χ2v) is 7.14. The van der Waals surface area contributed by atoms with E-state index in [1.54, 1.807) is 11.8 Å². The van der Waals surface area contributed by atoms with Crippen molar-refractivity contribution in [1.82, 2.24) is 4.98 Å². The van der Waals surface area contributed by atoms with Crippen LogP contribution in [-0.2, 0) is 6.42 Å². The van der Waals surface area contributed by atoms with Gasteiger partial charge in [-0.3, -0.25) is 0 Å². The lowest BCUT2D eigenvalue weighted by atomic mass is 10.1. The van der Waals surface area contributed by atoms with Gasteiger partial charge >= 0.3 is 0 Å². The highest BCUT2D eigenvalue weighted by Crippen LogP contribution is 2.32. The highest BCUT2D eigenvalue weighted by atomic mass is 79.9. The van der Waals surface area contributed by atoms with Crippen molar-refractivity contribution in [3.8, 4) is 0 Å². The molecule has 0 fully saturated rings. The van der Waals surface area contributed by atoms with Crippen LogP contribution in [0.2, 0.25) is 0 Å². The summed E-state index contributed by atoms with van der Waals surface area (Å²) in [5, 5.41) is 1.04. The van der Waals surface area contributed by atoms with Crippen molar-refractivity contribution in [3.05, 3.63) is 51.6 Å². The van der Waals surface area contributed by atoms with Crippen molar-refractivity contribution in [2.45, 2.75) is 43.2 Å². The van der Waals surface area contributed by atoms with Gasteiger partial charge in [-0.25, -0.2) is 4.98 Å². The lowest BCUT2D eigenvalue weighted by Crippen LogP contribution is -2.18. The van der Waals surface area contributed by atoms with Gasteiger partial charge in [0.1, 0.15) is 5.03 Å². The van der Waals surface area contributed by atoms with E-state index in [-0.39, 0.29) is 6.04 Å². The minimum absolute atomic E-state index is 0.149. The van der Waals surface area contributed by atoms with E-state index >= 15 is 0 Å². The number of hydrogen-bond donors (Lipinski definition) is 1. The predicted octanol–water partition coefficient (Wildman–Crippen LogP) is 4.50. The molecular formula is C16H19BrN2S. The fourth-order valence-electron chi connectivity index (χ4n) is 2.12. The van der Waals surface area contributed by atoms with E-state index in [1.165, 1.54) is 16.0 Å². The van der Waals surface area contributed by atoms with E-state index in [2.05, 4.69) is 58.2 Å². The monoisotopic (exact) mass is 350 g/mol. The molecule has 0 amide bonds. The maximum absolute atomic E-state index is 5.94. The quantitative estimate of drug-likeness (QED) is 0.881. The van der Waals surface area contributed by atoms with Crippen LogP contribution < -0.4 is 5.73 Å². The Morgan fingerprint density at radius 2 is 2.00 bits per heavy atom. The van der Waals surface area contributed by atoms with Crippen molar-refractivity contribution >= 4 is 27.7 Å². The number of benzene rings is 1. The van der Waals surface area contributed by atoms with Crippen LogP contribution in [0.4, 0.5) is 0 Å². The number of aryl methyl sites for hydroxylation is 2. The summed E-state index contributed by atoms with van der Waals surface area (Å²) in [6.45, 7) is 6.16. The maximum atomic E-state index is 5.94. The molecule has 0 aliphatic carbocycles. The molecule has 0 bridgehead atoms. The van der Waals surface area contributed by atoms with Crippen LogP contribution in [0.5, 0.6) is 0 Å². The van der Waals surface area contributed by atoms with Crippen LogP contribution in [0.15, 0.2) is 44.7 Å². The van der Waals surface area contributed by atoms with Gasteiger partial charge in [-0.05, 0) is 68.7 Å². The Bertz CT molecular complexity index is 591. The Labute approximate surface area is 133 Å². The van der Waals surface area contributed by atoms with Crippen LogP contribution in [0, 0.1) is 13.8 Å². The Hall–Kier alpha value is -0.840. The van der Waals surface area contributed by atoms with Crippen LogP contribution in [0.1, 0.15) is 23.7 Å². The van der Waals surface area contributed by atoms with Crippen molar-refractivity contribution < 1.29 is 0 Å². The second-order valence-electron chi connectivity index (χ2n) is 5.16. The van der Waals surface area contributed by atoms with Crippen LogP contribution in [0.25, 0.3) is 0 Å². The second kappa shape index (κ2) is 6.74. The van der Waals surface area contributed by atoms with E-state index in [0.29, 0.717) is 0 Å². The lowest BCUT2D eigenvalue weighted by Gasteiger charge is -2.12. The first-order chi connectivity index (χ1) is 9.44. The first-order valence-electron chi connectivity index (χ1n) is 6.61. The zero-order chi connectivity index (χ0) is 14.7. The van der Waals surface area contributed by atoms with Crippen molar-refractivity contribution in [2.75, 3.05) is 0 Å². The molecule has 0 radical (unpaired) electrons.